The second kappa shape index (κ2) is 7.25. The maximum atomic E-state index is 4.21. The first kappa shape index (κ1) is 13.9. The third-order valence-corrected chi connectivity index (χ3v) is 2.76. The lowest BCUT2D eigenvalue weighted by molar-refractivity contribution is 0.401. The molecule has 1 N–H and O–H groups in total. The number of hydrogen-bond donors (Lipinski definition) is 1. The van der Waals surface area contributed by atoms with Gasteiger partial charge in [-0.05, 0) is 45.7 Å². The average Bonchev–Trinajstić information content (AvgIpc) is 2.29. The van der Waals surface area contributed by atoms with Gasteiger partial charge < -0.3 is 15.1 Å². The number of pyridine rings is 1. The van der Waals surface area contributed by atoms with Crippen molar-refractivity contribution in [2.24, 2.45) is 0 Å². The van der Waals surface area contributed by atoms with E-state index in [9.17, 15) is 0 Å². The van der Waals surface area contributed by atoms with Crippen molar-refractivity contribution in [2.45, 2.75) is 13.0 Å². The number of rotatable bonds is 7. The Morgan fingerprint density at radius 2 is 2.00 bits per heavy atom. The minimum absolute atomic E-state index is 0.885. The van der Waals surface area contributed by atoms with E-state index in [0.717, 1.165) is 26.1 Å². The lowest BCUT2D eigenvalue weighted by Gasteiger charge is -2.22. The lowest BCUT2D eigenvalue weighted by Crippen LogP contribution is -2.25. The summed E-state index contributed by atoms with van der Waals surface area (Å²) in [7, 11) is 8.31. The van der Waals surface area contributed by atoms with E-state index in [0.29, 0.717) is 0 Å². The summed E-state index contributed by atoms with van der Waals surface area (Å²) >= 11 is 0. The van der Waals surface area contributed by atoms with Crippen LogP contribution in [0.2, 0.25) is 0 Å². The molecule has 1 heterocycles. The Hall–Kier alpha value is -1.13. The van der Waals surface area contributed by atoms with Crippen LogP contribution in [0.4, 0.5) is 5.69 Å². The molecule has 17 heavy (non-hydrogen) atoms. The minimum Gasteiger partial charge on any atom is -0.373 e. The third kappa shape index (κ3) is 4.71. The molecule has 0 saturated heterocycles. The molecule has 0 aliphatic heterocycles. The summed E-state index contributed by atoms with van der Waals surface area (Å²) < 4.78 is 0. The van der Waals surface area contributed by atoms with Gasteiger partial charge in [-0.1, -0.05) is 0 Å². The van der Waals surface area contributed by atoms with Crippen molar-refractivity contribution in [2.75, 3.05) is 46.2 Å². The normalized spacial score (nSPS) is 10.9. The number of nitrogens with one attached hydrogen (secondary N) is 1. The Morgan fingerprint density at radius 3 is 2.65 bits per heavy atom. The minimum atomic E-state index is 0.885. The lowest BCUT2D eigenvalue weighted by atomic mass is 10.2. The molecule has 0 aliphatic carbocycles. The quantitative estimate of drug-likeness (QED) is 0.770. The smallest absolute Gasteiger partial charge is 0.0595 e. The van der Waals surface area contributed by atoms with Crippen LogP contribution in [0.1, 0.15) is 12.0 Å². The highest BCUT2D eigenvalue weighted by Gasteiger charge is 2.06. The highest BCUT2D eigenvalue weighted by molar-refractivity contribution is 5.50. The molecule has 0 aliphatic rings. The third-order valence-electron chi connectivity index (χ3n) is 2.76. The number of hydrogen-bond acceptors (Lipinski definition) is 4. The predicted molar refractivity (Wildman–Crippen MR) is 73.4 cm³/mol. The average molecular weight is 236 g/mol. The van der Waals surface area contributed by atoms with Gasteiger partial charge in [-0.2, -0.15) is 0 Å². The second-order valence-electron chi connectivity index (χ2n) is 4.61. The molecule has 1 aromatic heterocycles. The molecule has 0 amide bonds. The molecular formula is C13H24N4. The van der Waals surface area contributed by atoms with E-state index in [1.807, 2.05) is 19.4 Å². The summed E-state index contributed by atoms with van der Waals surface area (Å²) in [5, 5.41) is 3.19. The topological polar surface area (TPSA) is 31.4 Å². The molecule has 0 radical (unpaired) electrons. The van der Waals surface area contributed by atoms with Gasteiger partial charge in [0.2, 0.25) is 0 Å². The molecule has 1 rings (SSSR count). The molecule has 0 atom stereocenters. The van der Waals surface area contributed by atoms with Crippen LogP contribution >= 0.6 is 0 Å². The fraction of sp³-hybridized carbons (Fsp3) is 0.615. The Balaban J connectivity index is 2.58. The van der Waals surface area contributed by atoms with Crippen LogP contribution in [0, 0.1) is 0 Å². The van der Waals surface area contributed by atoms with Gasteiger partial charge in [0.25, 0.3) is 0 Å². The van der Waals surface area contributed by atoms with E-state index in [1.54, 1.807) is 0 Å². The highest BCUT2D eigenvalue weighted by atomic mass is 15.1. The summed E-state index contributed by atoms with van der Waals surface area (Å²) in [6.45, 7) is 3.06. The fourth-order valence-corrected chi connectivity index (χ4v) is 1.84. The Kier molecular flexibility index (Phi) is 5.94. The number of aromatic nitrogens is 1. The number of anilines is 1. The van der Waals surface area contributed by atoms with Crippen LogP contribution in [0.5, 0.6) is 0 Å². The van der Waals surface area contributed by atoms with Crippen LogP contribution < -0.4 is 10.2 Å². The zero-order valence-corrected chi connectivity index (χ0v) is 11.4. The SMILES string of the molecule is CNCc1ccncc1N(C)CCCN(C)C. The molecule has 0 aromatic carbocycles. The van der Waals surface area contributed by atoms with Gasteiger partial charge in [0.15, 0.2) is 0 Å². The summed E-state index contributed by atoms with van der Waals surface area (Å²) in [5.74, 6) is 0. The van der Waals surface area contributed by atoms with Gasteiger partial charge >= 0.3 is 0 Å². The van der Waals surface area contributed by atoms with Crippen molar-refractivity contribution in [3.63, 3.8) is 0 Å². The van der Waals surface area contributed by atoms with Gasteiger partial charge in [0.05, 0.1) is 11.9 Å². The molecule has 0 spiro atoms. The van der Waals surface area contributed by atoms with Crippen molar-refractivity contribution in [3.8, 4) is 0 Å². The number of nitrogens with zero attached hydrogens (tertiary/aromatic N) is 3. The molecule has 0 bridgehead atoms. The molecule has 4 nitrogen and oxygen atoms in total. The Bertz CT molecular complexity index is 325. The summed E-state index contributed by atoms with van der Waals surface area (Å²) in [4.78, 5) is 8.71. The van der Waals surface area contributed by atoms with E-state index in [2.05, 4.69) is 47.3 Å². The van der Waals surface area contributed by atoms with Crippen LogP contribution in [0.15, 0.2) is 18.5 Å². The summed E-state index contributed by atoms with van der Waals surface area (Å²) in [6, 6.07) is 2.08. The first-order valence-electron chi connectivity index (χ1n) is 6.08. The molecular weight excluding hydrogens is 212 g/mol. The first-order valence-corrected chi connectivity index (χ1v) is 6.08. The molecule has 4 heteroatoms. The van der Waals surface area contributed by atoms with E-state index in [1.165, 1.54) is 11.3 Å². The Morgan fingerprint density at radius 1 is 1.24 bits per heavy atom. The maximum absolute atomic E-state index is 4.21. The van der Waals surface area contributed by atoms with Crippen molar-refractivity contribution in [1.82, 2.24) is 15.2 Å². The second-order valence-corrected chi connectivity index (χ2v) is 4.61. The van der Waals surface area contributed by atoms with Gasteiger partial charge in [-0.25, -0.2) is 0 Å². The van der Waals surface area contributed by atoms with E-state index in [4.69, 9.17) is 0 Å². The molecule has 0 unspecified atom stereocenters. The van der Waals surface area contributed by atoms with Crippen LogP contribution in [0.3, 0.4) is 0 Å². The first-order chi connectivity index (χ1) is 8.15. The van der Waals surface area contributed by atoms with E-state index in [-0.39, 0.29) is 0 Å². The zero-order chi connectivity index (χ0) is 12.7. The molecule has 0 fully saturated rings. The molecule has 0 saturated carbocycles. The van der Waals surface area contributed by atoms with Gasteiger partial charge in [0.1, 0.15) is 0 Å². The van der Waals surface area contributed by atoms with Crippen LogP contribution in [0.25, 0.3) is 0 Å². The summed E-state index contributed by atoms with van der Waals surface area (Å²) in [6.07, 6.45) is 4.96. The van der Waals surface area contributed by atoms with Crippen LogP contribution in [-0.4, -0.2) is 51.2 Å². The fourth-order valence-electron chi connectivity index (χ4n) is 1.84. The van der Waals surface area contributed by atoms with Gasteiger partial charge in [-0.3, -0.25) is 4.98 Å². The van der Waals surface area contributed by atoms with Crippen molar-refractivity contribution in [1.29, 1.82) is 0 Å². The highest BCUT2D eigenvalue weighted by Crippen LogP contribution is 2.17. The van der Waals surface area contributed by atoms with Crippen LogP contribution in [-0.2, 0) is 6.54 Å². The van der Waals surface area contributed by atoms with Gasteiger partial charge in [0, 0.05) is 26.3 Å². The predicted octanol–water partition coefficient (Wildman–Crippen LogP) is 1.19. The monoisotopic (exact) mass is 236 g/mol. The molecule has 96 valence electrons. The summed E-state index contributed by atoms with van der Waals surface area (Å²) in [5.41, 5.74) is 2.52. The van der Waals surface area contributed by atoms with Crippen molar-refractivity contribution in [3.05, 3.63) is 24.0 Å². The van der Waals surface area contributed by atoms with E-state index < -0.39 is 0 Å². The van der Waals surface area contributed by atoms with Gasteiger partial charge in [-0.15, -0.1) is 0 Å². The zero-order valence-electron chi connectivity index (χ0n) is 11.4. The standard InChI is InChI=1S/C13H24N4/c1-14-10-12-6-7-15-11-13(12)17(4)9-5-8-16(2)3/h6-7,11,14H,5,8-10H2,1-4H3. The Labute approximate surface area is 105 Å². The van der Waals surface area contributed by atoms with Crippen molar-refractivity contribution >= 4 is 5.69 Å². The maximum Gasteiger partial charge on any atom is 0.0595 e. The van der Waals surface area contributed by atoms with Crippen molar-refractivity contribution < 1.29 is 0 Å². The largest absolute Gasteiger partial charge is 0.373 e. The van der Waals surface area contributed by atoms with E-state index >= 15 is 0 Å². The molecule has 1 aromatic rings.